The quantitative estimate of drug-likeness (QED) is 0.429. The number of H-pyrrole nitrogens is 2. The van der Waals surface area contributed by atoms with Crippen molar-refractivity contribution in [1.29, 1.82) is 0 Å². The monoisotopic (exact) mass is 495 g/mol. The Morgan fingerprint density at radius 2 is 1.73 bits per heavy atom. The topological polar surface area (TPSA) is 138 Å². The maximum Gasteiger partial charge on any atom is 0.323 e. The highest BCUT2D eigenvalue weighted by atomic mass is 79.9. The molecule has 11 heteroatoms. The molecule has 0 saturated carbocycles. The molecule has 0 aliphatic carbocycles. The highest BCUT2D eigenvalue weighted by molar-refractivity contribution is 9.10. The van der Waals surface area contributed by atoms with Crippen LogP contribution in [0.2, 0.25) is 0 Å². The molecule has 1 aromatic heterocycles. The number of esters is 1. The molecular formula is C19H18BrN3O6S. The van der Waals surface area contributed by atoms with Crippen LogP contribution in [0.15, 0.2) is 50.6 Å². The molecule has 0 fully saturated rings. The van der Waals surface area contributed by atoms with Gasteiger partial charge in [-0.3, -0.25) is 9.59 Å². The number of hydrogen-bond donors (Lipinski definition) is 3. The minimum absolute atomic E-state index is 0.127. The number of halogens is 1. The first-order chi connectivity index (χ1) is 14.1. The van der Waals surface area contributed by atoms with E-state index in [1.807, 2.05) is 6.92 Å². The van der Waals surface area contributed by atoms with E-state index in [-0.39, 0.29) is 17.0 Å². The number of aromatic amines is 2. The van der Waals surface area contributed by atoms with E-state index in [0.717, 1.165) is 5.56 Å². The first-order valence-electron chi connectivity index (χ1n) is 8.80. The third-order valence-electron chi connectivity index (χ3n) is 4.20. The summed E-state index contributed by atoms with van der Waals surface area (Å²) in [4.78, 5) is 40.5. The van der Waals surface area contributed by atoms with Gasteiger partial charge in [0.15, 0.2) is 16.4 Å². The van der Waals surface area contributed by atoms with Crippen LogP contribution in [0.3, 0.4) is 0 Å². The summed E-state index contributed by atoms with van der Waals surface area (Å²) in [5, 5.41) is 2.55. The second-order valence-electron chi connectivity index (χ2n) is 6.55. The Bertz CT molecular complexity index is 1260. The number of amides is 1. The fraction of sp³-hybridized carbons (Fsp3) is 0.211. The van der Waals surface area contributed by atoms with Crippen LogP contribution in [0, 0.1) is 6.92 Å². The maximum atomic E-state index is 12.3. The van der Waals surface area contributed by atoms with Gasteiger partial charge in [0, 0.05) is 4.47 Å². The third-order valence-corrected chi connectivity index (χ3v) is 6.59. The predicted octanol–water partition coefficient (Wildman–Crippen LogP) is 2.27. The Morgan fingerprint density at radius 1 is 1.10 bits per heavy atom. The molecule has 0 spiro atoms. The van der Waals surface area contributed by atoms with Crippen molar-refractivity contribution in [3.8, 4) is 0 Å². The number of benzene rings is 2. The van der Waals surface area contributed by atoms with E-state index >= 15 is 0 Å². The van der Waals surface area contributed by atoms with Crippen LogP contribution in [-0.4, -0.2) is 42.6 Å². The summed E-state index contributed by atoms with van der Waals surface area (Å²) in [6.45, 7) is 1.27. The number of rotatable bonds is 7. The van der Waals surface area contributed by atoms with E-state index in [0.29, 0.717) is 21.2 Å². The molecule has 9 nitrogen and oxygen atoms in total. The van der Waals surface area contributed by atoms with E-state index in [1.165, 1.54) is 12.1 Å². The van der Waals surface area contributed by atoms with Crippen molar-refractivity contribution in [3.63, 3.8) is 0 Å². The molecule has 30 heavy (non-hydrogen) atoms. The van der Waals surface area contributed by atoms with Gasteiger partial charge in [-0.2, -0.15) is 0 Å². The normalized spacial score (nSPS) is 11.4. The molecule has 3 aromatic rings. The lowest BCUT2D eigenvalue weighted by atomic mass is 10.2. The molecule has 3 rings (SSSR count). The van der Waals surface area contributed by atoms with Crippen LogP contribution in [0.1, 0.15) is 12.0 Å². The summed E-state index contributed by atoms with van der Waals surface area (Å²) in [6.07, 6.45) is -0.371. The number of imidazole rings is 1. The molecule has 1 heterocycles. The van der Waals surface area contributed by atoms with Crippen LogP contribution in [0.4, 0.5) is 5.69 Å². The second-order valence-corrected chi connectivity index (χ2v) is 9.51. The number of aromatic nitrogens is 2. The first kappa shape index (κ1) is 21.8. The number of carbonyl (C=O) groups is 2. The summed E-state index contributed by atoms with van der Waals surface area (Å²) in [5.41, 5.74) is 1.98. The lowest BCUT2D eigenvalue weighted by Gasteiger charge is -2.09. The van der Waals surface area contributed by atoms with Crippen molar-refractivity contribution in [2.24, 2.45) is 0 Å². The van der Waals surface area contributed by atoms with Gasteiger partial charge < -0.3 is 20.0 Å². The number of ether oxygens (including phenoxy) is 1. The number of nitrogens with one attached hydrogen (secondary N) is 3. The fourth-order valence-electron chi connectivity index (χ4n) is 2.64. The zero-order chi connectivity index (χ0) is 21.9. The van der Waals surface area contributed by atoms with Crippen molar-refractivity contribution in [3.05, 3.63) is 56.9 Å². The number of aryl methyl sites for hydroxylation is 1. The first-order valence-corrected chi connectivity index (χ1v) is 11.2. The van der Waals surface area contributed by atoms with Gasteiger partial charge in [0.25, 0.3) is 5.91 Å². The average Bonchev–Trinajstić information content (AvgIpc) is 3.04. The van der Waals surface area contributed by atoms with Gasteiger partial charge in [0.2, 0.25) is 0 Å². The molecule has 0 radical (unpaired) electrons. The third kappa shape index (κ3) is 5.36. The smallest absolute Gasteiger partial charge is 0.323 e. The van der Waals surface area contributed by atoms with Crippen molar-refractivity contribution in [1.82, 2.24) is 9.97 Å². The average molecular weight is 496 g/mol. The minimum atomic E-state index is -3.62. The molecule has 0 bridgehead atoms. The molecule has 0 aliphatic rings. The van der Waals surface area contributed by atoms with Gasteiger partial charge in [-0.25, -0.2) is 13.2 Å². The van der Waals surface area contributed by atoms with Crippen LogP contribution in [-0.2, 0) is 24.2 Å². The summed E-state index contributed by atoms with van der Waals surface area (Å²) < 4.78 is 29.9. The van der Waals surface area contributed by atoms with Crippen LogP contribution in [0.25, 0.3) is 11.0 Å². The van der Waals surface area contributed by atoms with Crippen LogP contribution < -0.4 is 11.0 Å². The highest BCUT2D eigenvalue weighted by Gasteiger charge is 2.18. The lowest BCUT2D eigenvalue weighted by molar-refractivity contribution is -0.146. The van der Waals surface area contributed by atoms with E-state index in [4.69, 9.17) is 4.74 Å². The summed E-state index contributed by atoms with van der Waals surface area (Å²) in [6, 6.07) is 9.48. The number of sulfone groups is 1. The molecule has 1 amide bonds. The van der Waals surface area contributed by atoms with Gasteiger partial charge in [-0.15, -0.1) is 0 Å². The molecule has 0 saturated heterocycles. The minimum Gasteiger partial charge on any atom is -0.456 e. The molecule has 0 unspecified atom stereocenters. The predicted molar refractivity (Wildman–Crippen MR) is 114 cm³/mol. The van der Waals surface area contributed by atoms with Gasteiger partial charge in [-0.1, -0.05) is 17.7 Å². The molecular weight excluding hydrogens is 478 g/mol. The van der Waals surface area contributed by atoms with Crippen molar-refractivity contribution < 1.29 is 22.7 Å². The summed E-state index contributed by atoms with van der Waals surface area (Å²) in [5.74, 6) is -1.83. The molecule has 3 N–H and O–H groups in total. The SMILES string of the molecule is Cc1ccc(S(=O)(=O)CCC(=O)OCC(=O)Nc2cc3[nH]c(=O)[nH]c3cc2Br)cc1. The molecule has 158 valence electrons. The summed E-state index contributed by atoms with van der Waals surface area (Å²) >= 11 is 3.28. The largest absolute Gasteiger partial charge is 0.456 e. The second kappa shape index (κ2) is 8.84. The fourth-order valence-corrected chi connectivity index (χ4v) is 4.30. The maximum absolute atomic E-state index is 12.3. The van der Waals surface area contributed by atoms with Crippen molar-refractivity contribution >= 4 is 54.4 Å². The van der Waals surface area contributed by atoms with E-state index in [9.17, 15) is 22.8 Å². The van der Waals surface area contributed by atoms with E-state index in [1.54, 1.807) is 24.3 Å². The van der Waals surface area contributed by atoms with Crippen molar-refractivity contribution in [2.45, 2.75) is 18.2 Å². The number of carbonyl (C=O) groups excluding carboxylic acids is 2. The molecule has 2 aromatic carbocycles. The van der Waals surface area contributed by atoms with Gasteiger partial charge >= 0.3 is 11.7 Å². The highest BCUT2D eigenvalue weighted by Crippen LogP contribution is 2.26. The van der Waals surface area contributed by atoms with Crippen molar-refractivity contribution in [2.75, 3.05) is 17.7 Å². The van der Waals surface area contributed by atoms with Crippen LogP contribution in [0.5, 0.6) is 0 Å². The number of fused-ring (bicyclic) bond motifs is 1. The number of hydrogen-bond acceptors (Lipinski definition) is 6. The number of anilines is 1. The Labute approximate surface area is 179 Å². The Balaban J connectivity index is 1.52. The lowest BCUT2D eigenvalue weighted by Crippen LogP contribution is -2.22. The van der Waals surface area contributed by atoms with Crippen LogP contribution >= 0.6 is 15.9 Å². The van der Waals surface area contributed by atoms with E-state index in [2.05, 4.69) is 31.2 Å². The zero-order valence-electron chi connectivity index (χ0n) is 15.8. The standard InChI is InChI=1S/C19H18BrN3O6S/c1-11-2-4-12(5-3-11)30(27,28)7-6-18(25)29-10-17(24)21-14-9-16-15(8-13(14)20)22-19(26)23-16/h2-5,8-9H,6-7,10H2,1H3,(H,21,24)(H2,22,23,26). The Morgan fingerprint density at radius 3 is 2.40 bits per heavy atom. The van der Waals surface area contributed by atoms with Gasteiger partial charge in [-0.05, 0) is 47.1 Å². The molecule has 0 atom stereocenters. The Hall–Kier alpha value is -2.92. The van der Waals surface area contributed by atoms with E-state index < -0.39 is 34.1 Å². The zero-order valence-corrected chi connectivity index (χ0v) is 18.2. The van der Waals surface area contributed by atoms with Gasteiger partial charge in [0.05, 0.1) is 33.8 Å². The Kier molecular flexibility index (Phi) is 6.42. The van der Waals surface area contributed by atoms with Gasteiger partial charge in [0.1, 0.15) is 0 Å². The summed E-state index contributed by atoms with van der Waals surface area (Å²) in [7, 11) is -3.62. The molecule has 0 aliphatic heterocycles.